The average molecular weight is 296 g/mol. The molecule has 0 atom stereocenters. The van der Waals surface area contributed by atoms with E-state index < -0.39 is 0 Å². The highest BCUT2D eigenvalue weighted by Gasteiger charge is 2.09. The van der Waals surface area contributed by atoms with Crippen molar-refractivity contribution in [3.63, 3.8) is 0 Å². The van der Waals surface area contributed by atoms with Crippen LogP contribution in [-0.2, 0) is 6.54 Å². The number of hydrogen-bond donors (Lipinski definition) is 1. The van der Waals surface area contributed by atoms with Crippen LogP contribution in [0.1, 0.15) is 5.56 Å². The number of ether oxygens (including phenoxy) is 1. The van der Waals surface area contributed by atoms with Gasteiger partial charge in [0.25, 0.3) is 0 Å². The first-order chi connectivity index (χ1) is 10.3. The van der Waals surface area contributed by atoms with Gasteiger partial charge in [-0.2, -0.15) is 0 Å². The lowest BCUT2D eigenvalue weighted by Gasteiger charge is -2.13. The molecule has 0 unspecified atom stereocenters. The first-order valence-electron chi connectivity index (χ1n) is 6.70. The van der Waals surface area contributed by atoms with E-state index in [1.54, 1.807) is 18.0 Å². The molecule has 3 nitrogen and oxygen atoms in total. The van der Waals surface area contributed by atoms with Crippen LogP contribution in [0.2, 0.25) is 0 Å². The molecule has 0 aliphatic rings. The summed E-state index contributed by atoms with van der Waals surface area (Å²) in [5.41, 5.74) is 7.82. The van der Waals surface area contributed by atoms with E-state index in [0.29, 0.717) is 6.54 Å². The van der Waals surface area contributed by atoms with Crippen molar-refractivity contribution in [1.29, 1.82) is 0 Å². The minimum absolute atomic E-state index is 0.457. The third kappa shape index (κ3) is 2.86. The summed E-state index contributed by atoms with van der Waals surface area (Å²) in [6.45, 7) is 0.457. The van der Waals surface area contributed by atoms with Crippen LogP contribution >= 0.6 is 11.8 Å². The summed E-state index contributed by atoms with van der Waals surface area (Å²) in [5.74, 6) is 1.58. The minimum atomic E-state index is 0.457. The molecule has 2 N–H and O–H groups in total. The number of pyridine rings is 1. The van der Waals surface area contributed by atoms with Crippen LogP contribution in [0.25, 0.3) is 10.9 Å². The van der Waals surface area contributed by atoms with Gasteiger partial charge in [0.15, 0.2) is 0 Å². The minimum Gasteiger partial charge on any atom is -0.457 e. The third-order valence-electron chi connectivity index (χ3n) is 3.32. The van der Waals surface area contributed by atoms with E-state index >= 15 is 0 Å². The number of benzene rings is 2. The van der Waals surface area contributed by atoms with Gasteiger partial charge in [0, 0.05) is 34.7 Å². The quantitative estimate of drug-likeness (QED) is 0.733. The van der Waals surface area contributed by atoms with Gasteiger partial charge in [-0.25, -0.2) is 0 Å². The number of thioether (sulfide) groups is 1. The number of hydrogen-bond acceptors (Lipinski definition) is 4. The highest BCUT2D eigenvalue weighted by atomic mass is 32.2. The molecule has 3 aromatic rings. The zero-order chi connectivity index (χ0) is 14.7. The molecule has 4 heteroatoms. The van der Waals surface area contributed by atoms with Crippen LogP contribution in [0.5, 0.6) is 11.5 Å². The molecule has 1 aromatic heterocycles. The van der Waals surface area contributed by atoms with E-state index in [4.69, 9.17) is 10.5 Å². The topological polar surface area (TPSA) is 48.1 Å². The molecule has 21 heavy (non-hydrogen) atoms. The highest BCUT2D eigenvalue weighted by molar-refractivity contribution is 7.98. The van der Waals surface area contributed by atoms with Gasteiger partial charge < -0.3 is 10.5 Å². The summed E-state index contributed by atoms with van der Waals surface area (Å²) in [5, 5.41) is 1.10. The van der Waals surface area contributed by atoms with Crippen molar-refractivity contribution >= 4 is 22.7 Å². The van der Waals surface area contributed by atoms with Gasteiger partial charge in [-0.15, -0.1) is 11.8 Å². The van der Waals surface area contributed by atoms with Crippen LogP contribution in [0, 0.1) is 0 Å². The summed E-state index contributed by atoms with van der Waals surface area (Å²) in [6, 6.07) is 15.9. The summed E-state index contributed by atoms with van der Waals surface area (Å²) >= 11 is 1.67. The Balaban J connectivity index is 1.98. The number of nitrogens with zero attached hydrogens (tertiary/aromatic N) is 1. The van der Waals surface area contributed by atoms with Crippen molar-refractivity contribution in [2.75, 3.05) is 6.26 Å². The predicted octanol–water partition coefficient (Wildman–Crippen LogP) is 4.21. The van der Waals surface area contributed by atoms with E-state index in [1.807, 2.05) is 48.7 Å². The molecule has 0 aliphatic heterocycles. The van der Waals surface area contributed by atoms with Gasteiger partial charge in [0.2, 0.25) is 0 Å². The molecular weight excluding hydrogens is 280 g/mol. The molecule has 0 amide bonds. The standard InChI is InChI=1S/C17H16N2OS/c1-21-17-6-2-5-16(14(17)11-18)20-13-8-7-12-4-3-9-19-15(12)10-13/h2-10H,11,18H2,1H3. The molecule has 0 radical (unpaired) electrons. The smallest absolute Gasteiger partial charge is 0.133 e. The lowest BCUT2D eigenvalue weighted by Crippen LogP contribution is -2.01. The summed E-state index contributed by atoms with van der Waals surface area (Å²) in [4.78, 5) is 5.50. The maximum atomic E-state index is 6.02. The number of aromatic nitrogens is 1. The van der Waals surface area contributed by atoms with Crippen molar-refractivity contribution in [1.82, 2.24) is 4.98 Å². The lowest BCUT2D eigenvalue weighted by atomic mass is 10.2. The van der Waals surface area contributed by atoms with Gasteiger partial charge in [0.1, 0.15) is 11.5 Å². The van der Waals surface area contributed by atoms with Crippen LogP contribution in [0.3, 0.4) is 0 Å². The Morgan fingerprint density at radius 1 is 1.14 bits per heavy atom. The largest absolute Gasteiger partial charge is 0.457 e. The van der Waals surface area contributed by atoms with E-state index in [-0.39, 0.29) is 0 Å². The van der Waals surface area contributed by atoms with Crippen LogP contribution in [0.4, 0.5) is 0 Å². The van der Waals surface area contributed by atoms with Crippen molar-refractivity contribution in [3.8, 4) is 11.5 Å². The van der Waals surface area contributed by atoms with E-state index in [0.717, 1.165) is 32.9 Å². The highest BCUT2D eigenvalue weighted by Crippen LogP contribution is 2.32. The maximum absolute atomic E-state index is 6.02. The van der Waals surface area contributed by atoms with Crippen molar-refractivity contribution in [3.05, 3.63) is 60.3 Å². The Morgan fingerprint density at radius 3 is 2.86 bits per heavy atom. The fourth-order valence-electron chi connectivity index (χ4n) is 2.27. The molecule has 106 valence electrons. The predicted molar refractivity (Wildman–Crippen MR) is 87.9 cm³/mol. The number of fused-ring (bicyclic) bond motifs is 1. The lowest BCUT2D eigenvalue weighted by molar-refractivity contribution is 0.475. The van der Waals surface area contributed by atoms with Crippen LogP contribution in [-0.4, -0.2) is 11.2 Å². The molecular formula is C17H16N2OS. The molecule has 0 fully saturated rings. The second-order valence-corrected chi connectivity index (χ2v) is 5.45. The third-order valence-corrected chi connectivity index (χ3v) is 4.14. The summed E-state index contributed by atoms with van der Waals surface area (Å²) in [6.07, 6.45) is 3.82. The first-order valence-corrected chi connectivity index (χ1v) is 7.93. The van der Waals surface area contributed by atoms with E-state index in [9.17, 15) is 0 Å². The Labute approximate surface area is 128 Å². The second-order valence-electron chi connectivity index (χ2n) is 4.60. The number of rotatable bonds is 4. The van der Waals surface area contributed by atoms with Gasteiger partial charge in [0.05, 0.1) is 5.52 Å². The van der Waals surface area contributed by atoms with Crippen LogP contribution < -0.4 is 10.5 Å². The molecule has 1 heterocycles. The van der Waals surface area contributed by atoms with Crippen molar-refractivity contribution in [2.24, 2.45) is 5.73 Å². The Hall–Kier alpha value is -2.04. The Kier molecular flexibility index (Phi) is 4.08. The number of nitrogens with two attached hydrogens (primary N) is 1. The second kappa shape index (κ2) is 6.16. The van der Waals surface area contributed by atoms with E-state index in [1.165, 1.54) is 0 Å². The summed E-state index contributed by atoms with van der Waals surface area (Å²) < 4.78 is 6.02. The normalized spacial score (nSPS) is 10.8. The zero-order valence-electron chi connectivity index (χ0n) is 11.7. The zero-order valence-corrected chi connectivity index (χ0v) is 12.6. The SMILES string of the molecule is CSc1cccc(Oc2ccc3cccnc3c2)c1CN. The molecule has 0 spiro atoms. The molecule has 0 aliphatic carbocycles. The maximum Gasteiger partial charge on any atom is 0.133 e. The van der Waals surface area contributed by atoms with Gasteiger partial charge in [-0.3, -0.25) is 4.98 Å². The average Bonchev–Trinajstić information content (AvgIpc) is 2.54. The van der Waals surface area contributed by atoms with Gasteiger partial charge in [-0.1, -0.05) is 12.1 Å². The molecule has 3 rings (SSSR count). The van der Waals surface area contributed by atoms with E-state index in [2.05, 4.69) is 11.1 Å². The summed E-state index contributed by atoms with van der Waals surface area (Å²) in [7, 11) is 0. The molecule has 0 bridgehead atoms. The molecule has 0 saturated heterocycles. The fourth-order valence-corrected chi connectivity index (χ4v) is 2.92. The Bertz CT molecular complexity index is 774. The molecule has 0 saturated carbocycles. The van der Waals surface area contributed by atoms with Gasteiger partial charge >= 0.3 is 0 Å². The fraction of sp³-hybridized carbons (Fsp3) is 0.118. The van der Waals surface area contributed by atoms with Crippen LogP contribution in [0.15, 0.2) is 59.6 Å². The van der Waals surface area contributed by atoms with Crippen molar-refractivity contribution < 1.29 is 4.74 Å². The Morgan fingerprint density at radius 2 is 2.05 bits per heavy atom. The first kappa shape index (κ1) is 13.9. The van der Waals surface area contributed by atoms with Gasteiger partial charge in [-0.05, 0) is 36.6 Å². The molecule has 2 aromatic carbocycles. The monoisotopic (exact) mass is 296 g/mol. The van der Waals surface area contributed by atoms with Crippen molar-refractivity contribution in [2.45, 2.75) is 11.4 Å².